The molecule has 3 rings (SSSR count). The van der Waals surface area contributed by atoms with E-state index in [1.165, 1.54) is 11.8 Å². The summed E-state index contributed by atoms with van der Waals surface area (Å²) in [5, 5.41) is 9.08. The number of rotatable bonds is 2. The molecule has 0 bridgehead atoms. The van der Waals surface area contributed by atoms with Crippen molar-refractivity contribution in [3.63, 3.8) is 0 Å². The van der Waals surface area contributed by atoms with Crippen molar-refractivity contribution in [3.05, 3.63) is 17.5 Å². The van der Waals surface area contributed by atoms with Crippen LogP contribution < -0.4 is 4.74 Å². The van der Waals surface area contributed by atoms with Crippen LogP contribution in [0, 0.1) is 0 Å². The number of carbonyl (C=O) groups excluding carboxylic acids is 1. The molecular formula is C14H18N4O4. The van der Waals surface area contributed by atoms with Crippen LogP contribution in [0.15, 0.2) is 6.20 Å². The van der Waals surface area contributed by atoms with Crippen molar-refractivity contribution in [1.82, 2.24) is 19.8 Å². The molecule has 22 heavy (non-hydrogen) atoms. The Morgan fingerprint density at radius 3 is 2.82 bits per heavy atom. The summed E-state index contributed by atoms with van der Waals surface area (Å²) in [6, 6.07) is 0.165. The van der Waals surface area contributed by atoms with E-state index < -0.39 is 6.09 Å². The first-order chi connectivity index (χ1) is 10.4. The molecule has 2 amide bonds. The van der Waals surface area contributed by atoms with Crippen LogP contribution in [0.25, 0.3) is 0 Å². The Morgan fingerprint density at radius 1 is 1.41 bits per heavy atom. The van der Waals surface area contributed by atoms with Gasteiger partial charge in [0.25, 0.3) is 0 Å². The Morgan fingerprint density at radius 2 is 2.18 bits per heavy atom. The number of fused-ring (bicyclic) bond motifs is 1. The Labute approximate surface area is 127 Å². The van der Waals surface area contributed by atoms with Crippen molar-refractivity contribution in [2.75, 3.05) is 6.54 Å². The number of nitrogens with zero attached hydrogens (tertiary/aromatic N) is 4. The minimum absolute atomic E-state index is 0.00202. The van der Waals surface area contributed by atoms with Gasteiger partial charge in [0.2, 0.25) is 5.91 Å². The lowest BCUT2D eigenvalue weighted by molar-refractivity contribution is -0.129. The van der Waals surface area contributed by atoms with E-state index in [1.807, 2.05) is 6.92 Å². The molecule has 0 radical (unpaired) electrons. The molecule has 0 unspecified atom stereocenters. The summed E-state index contributed by atoms with van der Waals surface area (Å²) in [5.41, 5.74) is 1.72. The van der Waals surface area contributed by atoms with Crippen LogP contribution in [-0.2, 0) is 17.9 Å². The van der Waals surface area contributed by atoms with E-state index in [0.717, 1.165) is 11.3 Å². The molecular weight excluding hydrogens is 288 g/mol. The summed E-state index contributed by atoms with van der Waals surface area (Å²) in [4.78, 5) is 34.0. The zero-order chi connectivity index (χ0) is 15.9. The highest BCUT2D eigenvalue weighted by Crippen LogP contribution is 2.24. The number of carbonyl (C=O) groups is 2. The molecule has 0 spiro atoms. The maximum Gasteiger partial charge on any atom is 0.407 e. The third kappa shape index (κ3) is 2.68. The summed E-state index contributed by atoms with van der Waals surface area (Å²) < 4.78 is 5.72. The van der Waals surface area contributed by atoms with Crippen molar-refractivity contribution in [2.24, 2.45) is 0 Å². The van der Waals surface area contributed by atoms with Crippen LogP contribution in [0.3, 0.4) is 0 Å². The van der Waals surface area contributed by atoms with Gasteiger partial charge in [-0.3, -0.25) is 4.79 Å². The zero-order valence-corrected chi connectivity index (χ0v) is 12.5. The van der Waals surface area contributed by atoms with Crippen LogP contribution in [-0.4, -0.2) is 55.6 Å². The summed E-state index contributed by atoms with van der Waals surface area (Å²) in [7, 11) is 0. The van der Waals surface area contributed by atoms with Gasteiger partial charge in [-0.2, -0.15) is 4.98 Å². The van der Waals surface area contributed by atoms with Crippen LogP contribution >= 0.6 is 0 Å². The minimum atomic E-state index is -0.939. The Hall–Kier alpha value is -2.38. The van der Waals surface area contributed by atoms with Gasteiger partial charge in [-0.05, 0) is 6.92 Å². The monoisotopic (exact) mass is 306 g/mol. The number of amides is 2. The van der Waals surface area contributed by atoms with E-state index in [4.69, 9.17) is 9.84 Å². The molecule has 1 N–H and O–H groups in total. The van der Waals surface area contributed by atoms with Crippen molar-refractivity contribution in [2.45, 2.75) is 45.5 Å². The minimum Gasteiger partial charge on any atom is -0.465 e. The lowest BCUT2D eigenvalue weighted by Crippen LogP contribution is -2.33. The molecule has 8 heteroatoms. The average molecular weight is 306 g/mol. The van der Waals surface area contributed by atoms with Gasteiger partial charge in [0, 0.05) is 37.7 Å². The molecule has 118 valence electrons. The van der Waals surface area contributed by atoms with E-state index >= 15 is 0 Å². The Kier molecular flexibility index (Phi) is 3.59. The van der Waals surface area contributed by atoms with Crippen LogP contribution in [0.4, 0.5) is 4.79 Å². The van der Waals surface area contributed by atoms with Crippen LogP contribution in [0.5, 0.6) is 6.01 Å². The number of hydrogen-bond donors (Lipinski definition) is 1. The quantitative estimate of drug-likeness (QED) is 0.870. The summed E-state index contributed by atoms with van der Waals surface area (Å²) >= 11 is 0. The summed E-state index contributed by atoms with van der Waals surface area (Å²) in [6.45, 7) is 4.68. The van der Waals surface area contributed by atoms with Gasteiger partial charge in [0.15, 0.2) is 0 Å². The second-order valence-corrected chi connectivity index (χ2v) is 5.76. The number of likely N-dealkylation sites (tertiary alicyclic amines) is 1. The second-order valence-electron chi connectivity index (χ2n) is 5.76. The topological polar surface area (TPSA) is 95.9 Å². The smallest absolute Gasteiger partial charge is 0.407 e. The highest BCUT2D eigenvalue weighted by molar-refractivity contribution is 5.73. The molecule has 0 aromatic carbocycles. The molecule has 2 aliphatic heterocycles. The van der Waals surface area contributed by atoms with Crippen molar-refractivity contribution >= 4 is 12.0 Å². The molecule has 1 saturated heterocycles. The molecule has 1 aromatic rings. The van der Waals surface area contributed by atoms with Gasteiger partial charge in [0.05, 0.1) is 18.8 Å². The molecule has 3 heterocycles. The third-order valence-corrected chi connectivity index (χ3v) is 4.13. The molecule has 1 fully saturated rings. The maximum atomic E-state index is 11.4. The highest BCUT2D eigenvalue weighted by atomic mass is 16.5. The molecule has 2 aliphatic rings. The van der Waals surface area contributed by atoms with E-state index in [2.05, 4.69) is 9.97 Å². The van der Waals surface area contributed by atoms with E-state index in [-0.39, 0.29) is 24.1 Å². The van der Waals surface area contributed by atoms with Crippen molar-refractivity contribution in [3.8, 4) is 6.01 Å². The summed E-state index contributed by atoms with van der Waals surface area (Å²) in [6.07, 6.45) is 1.11. The Balaban J connectivity index is 1.67. The molecule has 0 saturated carbocycles. The maximum absolute atomic E-state index is 11.4. The fourth-order valence-corrected chi connectivity index (χ4v) is 2.90. The van der Waals surface area contributed by atoms with Gasteiger partial charge in [-0.25, -0.2) is 9.78 Å². The molecule has 0 aliphatic carbocycles. The Bertz CT molecular complexity index is 621. The first-order valence-electron chi connectivity index (χ1n) is 7.20. The van der Waals surface area contributed by atoms with E-state index in [1.54, 1.807) is 11.1 Å². The number of hydrogen-bond acceptors (Lipinski definition) is 5. The first-order valence-corrected chi connectivity index (χ1v) is 7.20. The van der Waals surface area contributed by atoms with Crippen LogP contribution in [0.2, 0.25) is 0 Å². The predicted molar refractivity (Wildman–Crippen MR) is 75.2 cm³/mol. The fraction of sp³-hybridized carbons (Fsp3) is 0.571. The van der Waals surface area contributed by atoms with Crippen molar-refractivity contribution < 1.29 is 19.4 Å². The number of ether oxygens (including phenoxy) is 1. The van der Waals surface area contributed by atoms with Crippen molar-refractivity contribution in [1.29, 1.82) is 0 Å². The predicted octanol–water partition coefficient (Wildman–Crippen LogP) is 0.858. The van der Waals surface area contributed by atoms with Gasteiger partial charge < -0.3 is 19.6 Å². The summed E-state index contributed by atoms with van der Waals surface area (Å²) in [5.74, 6) is 0.00202. The number of carboxylic acid groups (broad SMARTS) is 1. The zero-order valence-electron chi connectivity index (χ0n) is 12.5. The highest BCUT2D eigenvalue weighted by Gasteiger charge is 2.34. The second kappa shape index (κ2) is 5.43. The largest absolute Gasteiger partial charge is 0.465 e. The van der Waals surface area contributed by atoms with E-state index in [9.17, 15) is 9.59 Å². The van der Waals surface area contributed by atoms with Gasteiger partial charge >= 0.3 is 12.1 Å². The number of aromatic nitrogens is 2. The van der Waals surface area contributed by atoms with Gasteiger partial charge in [0.1, 0.15) is 6.10 Å². The lowest BCUT2D eigenvalue weighted by atomic mass is 10.2. The lowest BCUT2D eigenvalue weighted by Gasteiger charge is -2.16. The molecule has 1 aromatic heterocycles. The normalized spacial score (nSPS) is 23.5. The average Bonchev–Trinajstić information content (AvgIpc) is 3.02. The van der Waals surface area contributed by atoms with Gasteiger partial charge in [-0.15, -0.1) is 0 Å². The SMILES string of the molecule is CC(=O)N1Cc2cnc(O[C@@H]3C[C@H](C)N(C(=O)O)C3)nc2C1. The van der Waals surface area contributed by atoms with E-state index in [0.29, 0.717) is 26.1 Å². The molecule has 8 nitrogen and oxygen atoms in total. The van der Waals surface area contributed by atoms with Gasteiger partial charge in [-0.1, -0.05) is 0 Å². The standard InChI is InChI=1S/C14H18N4O4/c1-8-3-11(6-18(8)14(20)21)22-13-15-4-10-5-17(9(2)19)7-12(10)16-13/h4,8,11H,3,5-7H2,1-2H3,(H,20,21)/t8-,11+/m0/s1. The van der Waals surface area contributed by atoms with Crippen LogP contribution in [0.1, 0.15) is 31.5 Å². The fourth-order valence-electron chi connectivity index (χ4n) is 2.90. The first kappa shape index (κ1) is 14.6. The molecule has 2 atom stereocenters. The third-order valence-electron chi connectivity index (χ3n) is 4.13.